The molecule has 158 valence electrons. The summed E-state index contributed by atoms with van der Waals surface area (Å²) in [6.07, 6.45) is 0.968. The lowest BCUT2D eigenvalue weighted by atomic mass is 9.88. The highest BCUT2D eigenvalue weighted by atomic mass is 79.9. The van der Waals surface area contributed by atoms with Gasteiger partial charge in [-0.25, -0.2) is 0 Å². The zero-order valence-corrected chi connectivity index (χ0v) is 20.0. The summed E-state index contributed by atoms with van der Waals surface area (Å²) in [4.78, 5) is 0. The van der Waals surface area contributed by atoms with Crippen LogP contribution in [0.15, 0.2) is 84.9 Å². The van der Waals surface area contributed by atoms with Gasteiger partial charge in [-0.3, -0.25) is 0 Å². The summed E-state index contributed by atoms with van der Waals surface area (Å²) in [7, 11) is 6.54. The quantitative estimate of drug-likeness (QED) is 0.366. The predicted molar refractivity (Wildman–Crippen MR) is 124 cm³/mol. The second-order valence-electron chi connectivity index (χ2n) is 8.33. The Morgan fingerprint density at radius 1 is 0.700 bits per heavy atom. The van der Waals surface area contributed by atoms with Gasteiger partial charge in [0.05, 0.1) is 21.1 Å². The van der Waals surface area contributed by atoms with E-state index in [0.29, 0.717) is 6.61 Å². The van der Waals surface area contributed by atoms with Crippen LogP contribution in [0.4, 0.5) is 0 Å². The molecule has 0 saturated heterocycles. The van der Waals surface area contributed by atoms with E-state index in [2.05, 4.69) is 113 Å². The van der Waals surface area contributed by atoms with Crippen molar-refractivity contribution in [1.82, 2.24) is 0 Å². The second kappa shape index (κ2) is 11.1. The van der Waals surface area contributed by atoms with Crippen LogP contribution in [0.3, 0.4) is 0 Å². The van der Waals surface area contributed by atoms with Gasteiger partial charge in [0, 0.05) is 0 Å². The van der Waals surface area contributed by atoms with Gasteiger partial charge in [0.15, 0.2) is 0 Å². The number of rotatable bonds is 8. The molecule has 0 fully saturated rings. The van der Waals surface area contributed by atoms with Gasteiger partial charge in [0.2, 0.25) is 0 Å². The van der Waals surface area contributed by atoms with Crippen molar-refractivity contribution >= 4 is 11.1 Å². The zero-order valence-electron chi connectivity index (χ0n) is 18.4. The van der Waals surface area contributed by atoms with Crippen LogP contribution in [0, 0.1) is 0 Å². The average Bonchev–Trinajstić information content (AvgIpc) is 2.73. The first-order valence-electron chi connectivity index (χ1n) is 10.4. The first-order chi connectivity index (χ1) is 14.0. The van der Waals surface area contributed by atoms with Crippen LogP contribution >= 0.6 is 0 Å². The third-order valence-electron chi connectivity index (χ3n) is 5.01. The summed E-state index contributed by atoms with van der Waals surface area (Å²) < 4.78 is 6.86. The second-order valence-corrected chi connectivity index (χ2v) is 8.33. The lowest BCUT2D eigenvalue weighted by Crippen LogP contribution is -3.00. The predicted octanol–water partition coefficient (Wildman–Crippen LogP) is 3.14. The molecule has 0 aromatic heterocycles. The van der Waals surface area contributed by atoms with Crippen LogP contribution in [-0.2, 0) is 0 Å². The summed E-state index contributed by atoms with van der Waals surface area (Å²) >= 11 is 0. The van der Waals surface area contributed by atoms with Gasteiger partial charge in [-0.1, -0.05) is 79.7 Å². The number of likely N-dealkylation sites (N-methyl/N-ethyl adjacent to an activating group) is 1. The van der Waals surface area contributed by atoms with Crippen molar-refractivity contribution in [2.24, 2.45) is 0 Å². The normalized spacial score (nSPS) is 12.0. The third-order valence-corrected chi connectivity index (χ3v) is 5.01. The van der Waals surface area contributed by atoms with Gasteiger partial charge in [-0.05, 0) is 46.4 Å². The summed E-state index contributed by atoms with van der Waals surface area (Å²) in [5.41, 5.74) is 6.38. The lowest BCUT2D eigenvalue weighted by molar-refractivity contribution is -0.870. The van der Waals surface area contributed by atoms with Gasteiger partial charge in [-0.15, -0.1) is 0 Å². The fraction of sp³-hybridized carbons (Fsp3) is 0.259. The van der Waals surface area contributed by atoms with Crippen LogP contribution in [-0.4, -0.2) is 38.8 Å². The molecule has 3 aromatic rings. The smallest absolute Gasteiger partial charge is 0.137 e. The van der Waals surface area contributed by atoms with Gasteiger partial charge in [-0.2, -0.15) is 0 Å². The van der Waals surface area contributed by atoms with Crippen molar-refractivity contribution < 1.29 is 26.2 Å². The molecule has 0 N–H and O–H groups in total. The first-order valence-corrected chi connectivity index (χ1v) is 10.4. The van der Waals surface area contributed by atoms with Gasteiger partial charge >= 0.3 is 0 Å². The Bertz CT molecular complexity index is 926. The molecule has 0 amide bonds. The van der Waals surface area contributed by atoms with E-state index >= 15 is 0 Å². The summed E-state index contributed by atoms with van der Waals surface area (Å²) in [5, 5.41) is 0. The Kier molecular flexibility index (Phi) is 8.88. The number of benzene rings is 3. The molecule has 0 spiro atoms. The number of ether oxygens (including phenoxy) is 1. The van der Waals surface area contributed by atoms with Crippen molar-refractivity contribution in [3.63, 3.8) is 0 Å². The van der Waals surface area contributed by atoms with Crippen molar-refractivity contribution in [2.45, 2.75) is 13.3 Å². The molecular formula is C27H32BrNO. The number of quaternary nitrogens is 1. The van der Waals surface area contributed by atoms with E-state index in [-0.39, 0.29) is 17.0 Å². The maximum absolute atomic E-state index is 5.96. The number of allylic oxidation sites excluding steroid dienone is 1. The van der Waals surface area contributed by atoms with Crippen molar-refractivity contribution in [3.05, 3.63) is 102 Å². The van der Waals surface area contributed by atoms with E-state index in [4.69, 9.17) is 4.74 Å². The Hall–Kier alpha value is -2.36. The van der Waals surface area contributed by atoms with E-state index in [1.165, 1.54) is 27.8 Å². The largest absolute Gasteiger partial charge is 1.00 e. The summed E-state index contributed by atoms with van der Waals surface area (Å²) in [6, 6.07) is 29.9. The van der Waals surface area contributed by atoms with Crippen molar-refractivity contribution in [1.29, 1.82) is 0 Å². The summed E-state index contributed by atoms with van der Waals surface area (Å²) in [6.45, 7) is 3.92. The topological polar surface area (TPSA) is 9.23 Å². The highest BCUT2D eigenvalue weighted by Crippen LogP contribution is 2.34. The molecule has 0 unspecified atom stereocenters. The highest BCUT2D eigenvalue weighted by Gasteiger charge is 2.13. The average molecular weight is 466 g/mol. The van der Waals surface area contributed by atoms with E-state index in [1.807, 2.05) is 0 Å². The van der Waals surface area contributed by atoms with E-state index in [1.54, 1.807) is 0 Å². The van der Waals surface area contributed by atoms with Crippen LogP contribution in [0.25, 0.3) is 11.1 Å². The Labute approximate surface area is 192 Å². The minimum atomic E-state index is 0. The van der Waals surface area contributed by atoms with Gasteiger partial charge in [0.25, 0.3) is 0 Å². The monoisotopic (exact) mass is 465 g/mol. The SMILES string of the molecule is CC/C(=C(\c1ccccc1)c1ccc(OCC[N+](C)(C)C)cc1)c1ccccc1.[Br-]. The molecule has 3 aromatic carbocycles. The molecule has 0 saturated carbocycles. The summed E-state index contributed by atoms with van der Waals surface area (Å²) in [5.74, 6) is 0.923. The highest BCUT2D eigenvalue weighted by molar-refractivity contribution is 5.98. The zero-order chi connectivity index (χ0) is 20.7. The molecule has 0 atom stereocenters. The van der Waals surface area contributed by atoms with E-state index < -0.39 is 0 Å². The molecule has 0 aliphatic heterocycles. The standard InChI is InChI=1S/C27H32NO.BrH/c1-5-26(22-12-8-6-9-13-22)27(23-14-10-7-11-15-23)24-16-18-25(19-17-24)29-21-20-28(2,3)4;/h6-19H,5,20-21H2,1-4H3;1H/q+1;/p-1/b27-26-;. The van der Waals surface area contributed by atoms with Crippen LogP contribution in [0.2, 0.25) is 0 Å². The molecule has 0 radical (unpaired) electrons. The fourth-order valence-corrected chi connectivity index (χ4v) is 3.44. The molecule has 0 heterocycles. The number of hydrogen-bond donors (Lipinski definition) is 0. The lowest BCUT2D eigenvalue weighted by Gasteiger charge is -2.23. The molecule has 0 aliphatic rings. The van der Waals surface area contributed by atoms with E-state index in [0.717, 1.165) is 23.2 Å². The first kappa shape index (κ1) is 23.9. The molecular weight excluding hydrogens is 434 g/mol. The molecule has 0 bridgehead atoms. The minimum Gasteiger partial charge on any atom is -1.00 e. The third kappa shape index (κ3) is 6.58. The van der Waals surface area contributed by atoms with Gasteiger partial charge < -0.3 is 26.2 Å². The maximum Gasteiger partial charge on any atom is 0.137 e. The molecule has 3 rings (SSSR count). The van der Waals surface area contributed by atoms with Crippen molar-refractivity contribution in [3.8, 4) is 5.75 Å². The van der Waals surface area contributed by atoms with Crippen molar-refractivity contribution in [2.75, 3.05) is 34.3 Å². The number of nitrogens with zero attached hydrogens (tertiary/aromatic N) is 1. The Morgan fingerprint density at radius 3 is 1.70 bits per heavy atom. The Balaban J connectivity index is 0.00000320. The molecule has 3 heteroatoms. The molecule has 2 nitrogen and oxygen atoms in total. The van der Waals surface area contributed by atoms with Crippen LogP contribution < -0.4 is 21.7 Å². The Morgan fingerprint density at radius 2 is 1.20 bits per heavy atom. The van der Waals surface area contributed by atoms with Crippen LogP contribution in [0.1, 0.15) is 30.0 Å². The number of halogens is 1. The minimum absolute atomic E-state index is 0. The molecule has 0 aliphatic carbocycles. The molecule has 30 heavy (non-hydrogen) atoms. The van der Waals surface area contributed by atoms with Crippen LogP contribution in [0.5, 0.6) is 5.75 Å². The van der Waals surface area contributed by atoms with E-state index in [9.17, 15) is 0 Å². The fourth-order valence-electron chi connectivity index (χ4n) is 3.44. The maximum atomic E-state index is 5.96. The number of hydrogen-bond acceptors (Lipinski definition) is 1. The van der Waals surface area contributed by atoms with Gasteiger partial charge in [0.1, 0.15) is 18.9 Å².